The largest absolute Gasteiger partial charge is 0.573 e. The summed E-state index contributed by atoms with van der Waals surface area (Å²) in [6, 6.07) is 4.90. The molecule has 1 atom stereocenters. The molecule has 0 radical (unpaired) electrons. The maximum absolute atomic E-state index is 11.8. The highest BCUT2D eigenvalue weighted by molar-refractivity contribution is 5.29. The number of aliphatic hydroxyl groups excluding tert-OH is 1. The number of halogens is 3. The van der Waals surface area contributed by atoms with Crippen LogP contribution in [0, 0.1) is 0 Å². The third-order valence-corrected chi connectivity index (χ3v) is 1.98. The SMILES string of the molecule is N[C@H](CCO)c1ccc(OC(F)(F)F)cc1. The summed E-state index contributed by atoms with van der Waals surface area (Å²) < 4.78 is 39.2. The summed E-state index contributed by atoms with van der Waals surface area (Å²) >= 11 is 0. The lowest BCUT2D eigenvalue weighted by atomic mass is 10.1. The van der Waals surface area contributed by atoms with Gasteiger partial charge in [-0.05, 0) is 24.1 Å². The summed E-state index contributed by atoms with van der Waals surface area (Å²) in [4.78, 5) is 0. The van der Waals surface area contributed by atoms with E-state index in [1.165, 1.54) is 24.3 Å². The van der Waals surface area contributed by atoms with E-state index in [-0.39, 0.29) is 18.4 Å². The predicted octanol–water partition coefficient (Wildman–Crippen LogP) is 1.97. The molecule has 0 unspecified atom stereocenters. The van der Waals surface area contributed by atoms with Gasteiger partial charge in [0.05, 0.1) is 0 Å². The van der Waals surface area contributed by atoms with Gasteiger partial charge in [-0.15, -0.1) is 13.2 Å². The molecule has 0 spiro atoms. The molecule has 0 amide bonds. The fourth-order valence-electron chi connectivity index (χ4n) is 1.22. The third-order valence-electron chi connectivity index (χ3n) is 1.98. The Balaban J connectivity index is 2.68. The molecule has 6 heteroatoms. The number of benzene rings is 1. The average Bonchev–Trinajstić information content (AvgIpc) is 2.16. The van der Waals surface area contributed by atoms with Crippen LogP contribution < -0.4 is 10.5 Å². The zero-order valence-corrected chi connectivity index (χ0v) is 8.37. The molecule has 0 fully saturated rings. The van der Waals surface area contributed by atoms with Crippen molar-refractivity contribution in [1.82, 2.24) is 0 Å². The van der Waals surface area contributed by atoms with Gasteiger partial charge in [0.15, 0.2) is 0 Å². The minimum Gasteiger partial charge on any atom is -0.406 e. The molecule has 0 saturated carbocycles. The molecule has 3 N–H and O–H groups in total. The molecule has 1 rings (SSSR count). The van der Waals surface area contributed by atoms with E-state index in [2.05, 4.69) is 4.74 Å². The van der Waals surface area contributed by atoms with Crippen molar-refractivity contribution in [3.63, 3.8) is 0 Å². The van der Waals surface area contributed by atoms with E-state index < -0.39 is 6.36 Å². The number of hydrogen-bond donors (Lipinski definition) is 2. The summed E-state index contributed by atoms with van der Waals surface area (Å²) in [5.41, 5.74) is 6.32. The van der Waals surface area contributed by atoms with E-state index in [0.29, 0.717) is 12.0 Å². The van der Waals surface area contributed by atoms with Crippen LogP contribution in [0.25, 0.3) is 0 Å². The van der Waals surface area contributed by atoms with Crippen molar-refractivity contribution >= 4 is 0 Å². The van der Waals surface area contributed by atoms with Crippen molar-refractivity contribution in [2.24, 2.45) is 5.73 Å². The topological polar surface area (TPSA) is 55.5 Å². The molecule has 0 aliphatic heterocycles. The second-order valence-corrected chi connectivity index (χ2v) is 3.24. The van der Waals surface area contributed by atoms with E-state index in [9.17, 15) is 13.2 Å². The Labute approximate surface area is 90.6 Å². The van der Waals surface area contributed by atoms with Gasteiger partial charge in [-0.2, -0.15) is 0 Å². The van der Waals surface area contributed by atoms with Gasteiger partial charge in [0, 0.05) is 12.6 Å². The first-order chi connectivity index (χ1) is 7.42. The van der Waals surface area contributed by atoms with Crippen molar-refractivity contribution in [2.45, 2.75) is 18.8 Å². The van der Waals surface area contributed by atoms with Crippen molar-refractivity contribution < 1.29 is 23.0 Å². The Morgan fingerprint density at radius 3 is 2.25 bits per heavy atom. The van der Waals surface area contributed by atoms with E-state index in [1.54, 1.807) is 0 Å². The Kier molecular flexibility index (Phi) is 4.14. The summed E-state index contributed by atoms with van der Waals surface area (Å²) in [5.74, 6) is -0.285. The molecular weight excluding hydrogens is 223 g/mol. The second-order valence-electron chi connectivity index (χ2n) is 3.24. The fraction of sp³-hybridized carbons (Fsp3) is 0.400. The van der Waals surface area contributed by atoms with Gasteiger partial charge in [0.2, 0.25) is 0 Å². The van der Waals surface area contributed by atoms with Crippen LogP contribution in [0.2, 0.25) is 0 Å². The van der Waals surface area contributed by atoms with Crippen LogP contribution in [0.5, 0.6) is 5.75 Å². The second kappa shape index (κ2) is 5.18. The lowest BCUT2D eigenvalue weighted by molar-refractivity contribution is -0.274. The van der Waals surface area contributed by atoms with Gasteiger partial charge in [-0.1, -0.05) is 12.1 Å². The van der Waals surface area contributed by atoms with Crippen LogP contribution in [-0.2, 0) is 0 Å². The average molecular weight is 235 g/mol. The molecule has 0 aliphatic carbocycles. The van der Waals surface area contributed by atoms with Crippen molar-refractivity contribution in [3.8, 4) is 5.75 Å². The molecule has 0 aromatic heterocycles. The van der Waals surface area contributed by atoms with Gasteiger partial charge in [0.1, 0.15) is 5.75 Å². The Bertz CT molecular complexity index is 324. The molecule has 0 heterocycles. The Morgan fingerprint density at radius 1 is 1.25 bits per heavy atom. The summed E-state index contributed by atoms with van der Waals surface area (Å²) in [7, 11) is 0. The maximum atomic E-state index is 11.8. The molecule has 90 valence electrons. The van der Waals surface area contributed by atoms with Crippen molar-refractivity contribution in [1.29, 1.82) is 0 Å². The summed E-state index contributed by atoms with van der Waals surface area (Å²) in [6.07, 6.45) is -4.33. The minimum atomic E-state index is -4.69. The number of aliphatic hydroxyl groups is 1. The summed E-state index contributed by atoms with van der Waals surface area (Å²) in [5, 5.41) is 8.65. The molecule has 3 nitrogen and oxygen atoms in total. The molecule has 0 aliphatic rings. The normalized spacial score (nSPS) is 13.6. The quantitative estimate of drug-likeness (QED) is 0.838. The first kappa shape index (κ1) is 12.8. The first-order valence-electron chi connectivity index (χ1n) is 4.64. The first-order valence-corrected chi connectivity index (χ1v) is 4.64. The van der Waals surface area contributed by atoms with Crippen LogP contribution in [-0.4, -0.2) is 18.1 Å². The van der Waals surface area contributed by atoms with E-state index >= 15 is 0 Å². The molecular formula is C10H12F3NO2. The minimum absolute atomic E-state index is 0.0675. The third kappa shape index (κ3) is 4.08. The van der Waals surface area contributed by atoms with Crippen LogP contribution >= 0.6 is 0 Å². The zero-order chi connectivity index (χ0) is 12.2. The van der Waals surface area contributed by atoms with Crippen LogP contribution in [0.1, 0.15) is 18.0 Å². The van der Waals surface area contributed by atoms with Gasteiger partial charge in [-0.25, -0.2) is 0 Å². The zero-order valence-electron chi connectivity index (χ0n) is 8.37. The standard InChI is InChI=1S/C10H12F3NO2/c11-10(12,13)16-8-3-1-7(2-4-8)9(14)5-6-15/h1-4,9,15H,5-6,14H2/t9-/m1/s1. The molecule has 16 heavy (non-hydrogen) atoms. The van der Waals surface area contributed by atoms with E-state index in [4.69, 9.17) is 10.8 Å². The van der Waals surface area contributed by atoms with Crippen LogP contribution in [0.4, 0.5) is 13.2 Å². The number of alkyl halides is 3. The number of nitrogens with two attached hydrogens (primary N) is 1. The molecule has 0 bridgehead atoms. The number of rotatable bonds is 4. The van der Waals surface area contributed by atoms with Crippen LogP contribution in [0.15, 0.2) is 24.3 Å². The highest BCUT2D eigenvalue weighted by atomic mass is 19.4. The predicted molar refractivity (Wildman–Crippen MR) is 51.8 cm³/mol. The maximum Gasteiger partial charge on any atom is 0.573 e. The van der Waals surface area contributed by atoms with E-state index in [1.807, 2.05) is 0 Å². The number of hydrogen-bond acceptors (Lipinski definition) is 3. The Morgan fingerprint density at radius 2 is 1.81 bits per heavy atom. The fourth-order valence-corrected chi connectivity index (χ4v) is 1.22. The van der Waals surface area contributed by atoms with Crippen LogP contribution in [0.3, 0.4) is 0 Å². The smallest absolute Gasteiger partial charge is 0.406 e. The van der Waals surface area contributed by atoms with Crippen molar-refractivity contribution in [2.75, 3.05) is 6.61 Å². The van der Waals surface area contributed by atoms with Gasteiger partial charge in [-0.3, -0.25) is 0 Å². The van der Waals surface area contributed by atoms with E-state index in [0.717, 1.165) is 0 Å². The molecule has 1 aromatic carbocycles. The summed E-state index contributed by atoms with van der Waals surface area (Å²) in [6.45, 7) is -0.0675. The number of ether oxygens (including phenoxy) is 1. The monoisotopic (exact) mass is 235 g/mol. The highest BCUT2D eigenvalue weighted by Gasteiger charge is 2.30. The van der Waals surface area contributed by atoms with Gasteiger partial charge < -0.3 is 15.6 Å². The highest BCUT2D eigenvalue weighted by Crippen LogP contribution is 2.24. The van der Waals surface area contributed by atoms with Gasteiger partial charge in [0.25, 0.3) is 0 Å². The van der Waals surface area contributed by atoms with Crippen molar-refractivity contribution in [3.05, 3.63) is 29.8 Å². The lowest BCUT2D eigenvalue weighted by Crippen LogP contribution is -2.17. The molecule has 0 saturated heterocycles. The molecule has 1 aromatic rings. The van der Waals surface area contributed by atoms with Gasteiger partial charge >= 0.3 is 6.36 Å². The Hall–Kier alpha value is -1.27. The lowest BCUT2D eigenvalue weighted by Gasteiger charge is -2.12.